The predicted octanol–water partition coefficient (Wildman–Crippen LogP) is 4.49. The van der Waals surface area contributed by atoms with Gasteiger partial charge in [-0.2, -0.15) is 5.10 Å². The average molecular weight is 378 g/mol. The highest BCUT2D eigenvalue weighted by Crippen LogP contribution is 2.25. The first-order chi connectivity index (χ1) is 13.5. The first kappa shape index (κ1) is 19.5. The number of nitrogens with one attached hydrogen (secondary N) is 2. The quantitative estimate of drug-likeness (QED) is 0.635. The molecule has 0 unspecified atom stereocenters. The molecule has 6 nitrogen and oxygen atoms in total. The van der Waals surface area contributed by atoms with E-state index < -0.39 is 0 Å². The van der Waals surface area contributed by atoms with Crippen molar-refractivity contribution < 1.29 is 9.53 Å². The van der Waals surface area contributed by atoms with E-state index in [0.717, 1.165) is 41.3 Å². The predicted molar refractivity (Wildman–Crippen MR) is 113 cm³/mol. The molecule has 0 atom stereocenters. The van der Waals surface area contributed by atoms with E-state index in [1.54, 1.807) is 13.2 Å². The van der Waals surface area contributed by atoms with Crippen LogP contribution >= 0.6 is 0 Å². The first-order valence-electron chi connectivity index (χ1n) is 9.42. The second kappa shape index (κ2) is 8.61. The summed E-state index contributed by atoms with van der Waals surface area (Å²) in [4.78, 5) is 14.9. The van der Waals surface area contributed by atoms with Crippen LogP contribution in [0.5, 0.6) is 5.75 Å². The highest BCUT2D eigenvalue weighted by molar-refractivity contribution is 6.04. The van der Waals surface area contributed by atoms with Gasteiger partial charge in [0.15, 0.2) is 0 Å². The normalized spacial score (nSPS) is 10.6. The van der Waals surface area contributed by atoms with Crippen molar-refractivity contribution in [2.45, 2.75) is 20.8 Å². The van der Waals surface area contributed by atoms with Crippen LogP contribution in [0.25, 0.3) is 11.3 Å². The van der Waals surface area contributed by atoms with Crippen LogP contribution < -0.4 is 15.0 Å². The van der Waals surface area contributed by atoms with E-state index in [-0.39, 0.29) is 5.91 Å². The van der Waals surface area contributed by atoms with Crippen LogP contribution in [0.1, 0.15) is 29.9 Å². The Morgan fingerprint density at radius 2 is 1.93 bits per heavy atom. The molecule has 0 saturated carbocycles. The number of anilines is 2. The Bertz CT molecular complexity index is 961. The molecule has 0 spiro atoms. The van der Waals surface area contributed by atoms with Crippen molar-refractivity contribution in [3.8, 4) is 17.0 Å². The fourth-order valence-electron chi connectivity index (χ4n) is 3.13. The maximum Gasteiger partial charge on any atom is 0.273 e. The number of amides is 1. The van der Waals surface area contributed by atoms with E-state index in [1.165, 1.54) is 0 Å². The number of hydrogen-bond donors (Lipinski definition) is 2. The van der Waals surface area contributed by atoms with Crippen LogP contribution in [-0.4, -0.2) is 36.3 Å². The van der Waals surface area contributed by atoms with E-state index in [2.05, 4.69) is 40.3 Å². The van der Waals surface area contributed by atoms with E-state index in [0.29, 0.717) is 11.4 Å². The van der Waals surface area contributed by atoms with Gasteiger partial charge >= 0.3 is 0 Å². The Kier molecular flexibility index (Phi) is 5.99. The highest BCUT2D eigenvalue weighted by atomic mass is 16.5. The van der Waals surface area contributed by atoms with Crippen LogP contribution in [0.4, 0.5) is 11.4 Å². The molecule has 0 bridgehead atoms. The van der Waals surface area contributed by atoms with Crippen LogP contribution in [0.3, 0.4) is 0 Å². The number of benzene rings is 2. The fourth-order valence-corrected chi connectivity index (χ4v) is 3.13. The standard InChI is InChI=1S/C22H26N4O2/c1-5-26(6-2)17-10-11-19(15(3)12-17)23-22(27)21-14-20(24-25-21)16-8-7-9-18(13-16)28-4/h7-14H,5-6H2,1-4H3,(H,23,27)(H,24,25). The van der Waals surface area contributed by atoms with Crippen molar-refractivity contribution in [1.29, 1.82) is 0 Å². The molecule has 1 amide bonds. The topological polar surface area (TPSA) is 70.2 Å². The summed E-state index contributed by atoms with van der Waals surface area (Å²) in [7, 11) is 1.62. The van der Waals surface area contributed by atoms with Crippen molar-refractivity contribution in [3.63, 3.8) is 0 Å². The Balaban J connectivity index is 1.76. The van der Waals surface area contributed by atoms with E-state index in [1.807, 2.05) is 43.3 Å². The van der Waals surface area contributed by atoms with Gasteiger partial charge < -0.3 is 15.0 Å². The van der Waals surface area contributed by atoms with Gasteiger partial charge in [-0.1, -0.05) is 12.1 Å². The zero-order valence-electron chi connectivity index (χ0n) is 16.7. The lowest BCUT2D eigenvalue weighted by molar-refractivity contribution is 0.102. The molecule has 0 fully saturated rings. The lowest BCUT2D eigenvalue weighted by atomic mass is 10.1. The fraction of sp³-hybridized carbons (Fsp3) is 0.273. The molecule has 28 heavy (non-hydrogen) atoms. The molecule has 3 aromatic rings. The summed E-state index contributed by atoms with van der Waals surface area (Å²) in [6, 6.07) is 15.4. The molecule has 0 aliphatic carbocycles. The maximum atomic E-state index is 12.6. The van der Waals surface area contributed by atoms with Crippen LogP contribution in [0.15, 0.2) is 48.5 Å². The van der Waals surface area contributed by atoms with Gasteiger partial charge in [0.05, 0.1) is 12.8 Å². The molecule has 2 aromatic carbocycles. The summed E-state index contributed by atoms with van der Waals surface area (Å²) < 4.78 is 5.24. The number of aromatic nitrogens is 2. The van der Waals surface area contributed by atoms with Crippen LogP contribution in [0.2, 0.25) is 0 Å². The van der Waals surface area contributed by atoms with Gasteiger partial charge in [-0.3, -0.25) is 9.89 Å². The summed E-state index contributed by atoms with van der Waals surface area (Å²) in [5.74, 6) is 0.524. The number of aryl methyl sites for hydroxylation is 1. The van der Waals surface area contributed by atoms with Crippen molar-refractivity contribution in [3.05, 3.63) is 59.8 Å². The molecule has 0 aliphatic rings. The Morgan fingerprint density at radius 1 is 1.14 bits per heavy atom. The number of aromatic amines is 1. The third kappa shape index (κ3) is 4.17. The largest absolute Gasteiger partial charge is 0.497 e. The Labute approximate surface area is 165 Å². The summed E-state index contributed by atoms with van der Waals surface area (Å²) >= 11 is 0. The molecule has 0 aliphatic heterocycles. The molecule has 0 saturated heterocycles. The van der Waals surface area contributed by atoms with Gasteiger partial charge in [0, 0.05) is 30.0 Å². The monoisotopic (exact) mass is 378 g/mol. The molecular formula is C22H26N4O2. The lowest BCUT2D eigenvalue weighted by Gasteiger charge is -2.22. The number of nitrogens with zero attached hydrogens (tertiary/aromatic N) is 2. The minimum absolute atomic E-state index is 0.222. The third-order valence-corrected chi connectivity index (χ3v) is 4.77. The number of carbonyl (C=O) groups excluding carboxylic acids is 1. The second-order valence-corrected chi connectivity index (χ2v) is 6.52. The molecule has 1 heterocycles. The molecule has 6 heteroatoms. The maximum absolute atomic E-state index is 12.6. The van der Waals surface area contributed by atoms with Gasteiger partial charge in [-0.15, -0.1) is 0 Å². The number of methoxy groups -OCH3 is 1. The van der Waals surface area contributed by atoms with Crippen LogP contribution in [0, 0.1) is 6.92 Å². The minimum atomic E-state index is -0.222. The Morgan fingerprint density at radius 3 is 2.61 bits per heavy atom. The van der Waals surface area contributed by atoms with Crippen molar-refractivity contribution >= 4 is 17.3 Å². The highest BCUT2D eigenvalue weighted by Gasteiger charge is 2.13. The summed E-state index contributed by atoms with van der Waals surface area (Å²) in [6.07, 6.45) is 0. The molecule has 0 radical (unpaired) electrons. The van der Waals surface area contributed by atoms with Gasteiger partial charge in [0.2, 0.25) is 0 Å². The molecule has 3 rings (SSSR count). The first-order valence-corrected chi connectivity index (χ1v) is 9.42. The van der Waals surface area contributed by atoms with Gasteiger partial charge in [0.1, 0.15) is 11.4 Å². The van der Waals surface area contributed by atoms with Crippen LogP contribution in [-0.2, 0) is 0 Å². The number of H-pyrrole nitrogens is 1. The summed E-state index contributed by atoms with van der Waals surface area (Å²) in [5, 5.41) is 10.0. The molecule has 1 aromatic heterocycles. The number of hydrogen-bond acceptors (Lipinski definition) is 4. The smallest absolute Gasteiger partial charge is 0.273 e. The van der Waals surface area contributed by atoms with Gasteiger partial charge in [0.25, 0.3) is 5.91 Å². The number of carbonyl (C=O) groups is 1. The second-order valence-electron chi connectivity index (χ2n) is 6.52. The zero-order valence-corrected chi connectivity index (χ0v) is 16.7. The van der Waals surface area contributed by atoms with Crippen molar-refractivity contribution in [1.82, 2.24) is 10.2 Å². The molecule has 2 N–H and O–H groups in total. The van der Waals surface area contributed by atoms with Crippen molar-refractivity contribution in [2.75, 3.05) is 30.4 Å². The number of rotatable bonds is 7. The number of ether oxygens (including phenoxy) is 1. The van der Waals surface area contributed by atoms with Gasteiger partial charge in [-0.25, -0.2) is 0 Å². The van der Waals surface area contributed by atoms with Crippen molar-refractivity contribution in [2.24, 2.45) is 0 Å². The summed E-state index contributed by atoms with van der Waals surface area (Å²) in [6.45, 7) is 8.16. The minimum Gasteiger partial charge on any atom is -0.497 e. The molecule has 146 valence electrons. The lowest BCUT2D eigenvalue weighted by Crippen LogP contribution is -2.22. The van der Waals surface area contributed by atoms with E-state index >= 15 is 0 Å². The zero-order chi connectivity index (χ0) is 20.1. The third-order valence-electron chi connectivity index (χ3n) is 4.77. The van der Waals surface area contributed by atoms with E-state index in [4.69, 9.17) is 4.74 Å². The van der Waals surface area contributed by atoms with Gasteiger partial charge in [-0.05, 0) is 62.7 Å². The average Bonchev–Trinajstić information content (AvgIpc) is 3.21. The van der Waals surface area contributed by atoms with E-state index in [9.17, 15) is 4.79 Å². The summed E-state index contributed by atoms with van der Waals surface area (Å²) in [5.41, 5.74) is 4.95. The molecular weight excluding hydrogens is 352 g/mol. The SMILES string of the molecule is CCN(CC)c1ccc(NC(=O)c2cc(-c3cccc(OC)c3)n[nH]2)c(C)c1. The Hall–Kier alpha value is -3.28.